The predicted molar refractivity (Wildman–Crippen MR) is 72.0 cm³/mol. The van der Waals surface area contributed by atoms with E-state index in [0.29, 0.717) is 10.9 Å². The van der Waals surface area contributed by atoms with Gasteiger partial charge in [0.2, 0.25) is 0 Å². The summed E-state index contributed by atoms with van der Waals surface area (Å²) in [5.41, 5.74) is 1.17. The Morgan fingerprint density at radius 3 is 2.63 bits per heavy atom. The largest absolute Gasteiger partial charge is 0.462 e. The Morgan fingerprint density at radius 1 is 1.37 bits per heavy atom. The molecule has 1 heterocycles. The average molecular weight is 281 g/mol. The molecular formula is C13H15NO4S. The SMILES string of the molecule is CCOC(=O)c1cn(C)c2ccc(S(C)(=O)=O)cc12. The van der Waals surface area contributed by atoms with Crippen molar-refractivity contribution >= 4 is 26.7 Å². The number of esters is 1. The Bertz CT molecular complexity index is 743. The van der Waals surface area contributed by atoms with Crippen LogP contribution in [0.3, 0.4) is 0 Å². The summed E-state index contributed by atoms with van der Waals surface area (Å²) in [6.07, 6.45) is 2.79. The number of sulfone groups is 1. The molecule has 0 amide bonds. The number of aromatic nitrogens is 1. The summed E-state index contributed by atoms with van der Waals surface area (Å²) < 4.78 is 29.9. The second-order valence-electron chi connectivity index (χ2n) is 4.33. The molecule has 0 atom stereocenters. The zero-order valence-electron chi connectivity index (χ0n) is 11.0. The third-order valence-corrected chi connectivity index (χ3v) is 3.99. The lowest BCUT2D eigenvalue weighted by atomic mass is 10.2. The van der Waals surface area contributed by atoms with Crippen molar-refractivity contribution in [3.05, 3.63) is 30.0 Å². The Morgan fingerprint density at radius 2 is 2.05 bits per heavy atom. The van der Waals surface area contributed by atoms with Crippen LogP contribution in [-0.4, -0.2) is 31.8 Å². The molecule has 0 aliphatic carbocycles. The highest BCUT2D eigenvalue weighted by atomic mass is 32.2. The lowest BCUT2D eigenvalue weighted by Crippen LogP contribution is -2.04. The first-order valence-electron chi connectivity index (χ1n) is 5.81. The highest BCUT2D eigenvalue weighted by Crippen LogP contribution is 2.24. The van der Waals surface area contributed by atoms with Crippen LogP contribution in [0.2, 0.25) is 0 Å². The van der Waals surface area contributed by atoms with Crippen molar-refractivity contribution in [3.63, 3.8) is 0 Å². The number of aryl methyl sites for hydroxylation is 1. The number of ether oxygens (including phenoxy) is 1. The van der Waals surface area contributed by atoms with Crippen LogP contribution in [0, 0.1) is 0 Å². The molecule has 6 heteroatoms. The maximum absolute atomic E-state index is 11.8. The molecule has 1 aromatic carbocycles. The van der Waals surface area contributed by atoms with Crippen LogP contribution in [0.4, 0.5) is 0 Å². The summed E-state index contributed by atoms with van der Waals surface area (Å²) in [7, 11) is -1.50. The van der Waals surface area contributed by atoms with Crippen LogP contribution in [-0.2, 0) is 21.6 Å². The minimum atomic E-state index is -3.30. The molecule has 0 N–H and O–H groups in total. The number of hydrogen-bond acceptors (Lipinski definition) is 4. The van der Waals surface area contributed by atoms with Gasteiger partial charge in [0.15, 0.2) is 9.84 Å². The number of carbonyl (C=O) groups is 1. The van der Waals surface area contributed by atoms with Crippen LogP contribution in [0.5, 0.6) is 0 Å². The van der Waals surface area contributed by atoms with E-state index in [4.69, 9.17) is 4.74 Å². The first-order valence-corrected chi connectivity index (χ1v) is 7.70. The van der Waals surface area contributed by atoms with Gasteiger partial charge < -0.3 is 9.30 Å². The molecule has 0 aliphatic rings. The third-order valence-electron chi connectivity index (χ3n) is 2.88. The normalized spacial score (nSPS) is 11.7. The smallest absolute Gasteiger partial charge is 0.340 e. The van der Waals surface area contributed by atoms with Crippen LogP contribution in [0.25, 0.3) is 10.9 Å². The second-order valence-corrected chi connectivity index (χ2v) is 6.34. The predicted octanol–water partition coefficient (Wildman–Crippen LogP) is 1.76. The topological polar surface area (TPSA) is 65.4 Å². The van der Waals surface area contributed by atoms with E-state index in [1.165, 1.54) is 12.1 Å². The lowest BCUT2D eigenvalue weighted by Gasteiger charge is -2.02. The van der Waals surface area contributed by atoms with Crippen molar-refractivity contribution in [2.75, 3.05) is 12.9 Å². The summed E-state index contributed by atoms with van der Waals surface area (Å²) in [5, 5.41) is 0.587. The number of fused-ring (bicyclic) bond motifs is 1. The van der Waals surface area contributed by atoms with Gasteiger partial charge in [0.05, 0.1) is 17.1 Å². The van der Waals surface area contributed by atoms with Gasteiger partial charge in [-0.15, -0.1) is 0 Å². The van der Waals surface area contributed by atoms with E-state index < -0.39 is 15.8 Å². The van der Waals surface area contributed by atoms with Crippen molar-refractivity contribution < 1.29 is 17.9 Å². The summed E-state index contributed by atoms with van der Waals surface area (Å²) in [5.74, 6) is -0.446. The fourth-order valence-corrected chi connectivity index (χ4v) is 2.62. The maximum Gasteiger partial charge on any atom is 0.340 e. The van der Waals surface area contributed by atoms with Gasteiger partial charge >= 0.3 is 5.97 Å². The fraction of sp³-hybridized carbons (Fsp3) is 0.308. The van der Waals surface area contributed by atoms with Crippen LogP contribution in [0.15, 0.2) is 29.3 Å². The molecule has 0 radical (unpaired) electrons. The number of nitrogens with zero attached hydrogens (tertiary/aromatic N) is 1. The molecule has 0 fully saturated rings. The van der Waals surface area contributed by atoms with Gasteiger partial charge in [0, 0.05) is 30.4 Å². The minimum absolute atomic E-state index is 0.191. The van der Waals surface area contributed by atoms with Crippen LogP contribution in [0.1, 0.15) is 17.3 Å². The Hall–Kier alpha value is -1.82. The van der Waals surface area contributed by atoms with Gasteiger partial charge in [-0.3, -0.25) is 0 Å². The van der Waals surface area contributed by atoms with Crippen molar-refractivity contribution in [2.24, 2.45) is 7.05 Å². The molecule has 0 saturated heterocycles. The van der Waals surface area contributed by atoms with Gasteiger partial charge in [-0.1, -0.05) is 0 Å². The molecule has 19 heavy (non-hydrogen) atoms. The number of carbonyl (C=O) groups excluding carboxylic acids is 1. The van der Waals surface area contributed by atoms with Gasteiger partial charge in [0.25, 0.3) is 0 Å². The summed E-state index contributed by atoms with van der Waals surface area (Å²) >= 11 is 0. The average Bonchev–Trinajstić information content (AvgIpc) is 2.66. The van der Waals surface area contributed by atoms with Crippen molar-refractivity contribution in [1.82, 2.24) is 4.57 Å². The molecule has 2 aromatic rings. The van der Waals surface area contributed by atoms with Crippen molar-refractivity contribution in [1.29, 1.82) is 0 Å². The quantitative estimate of drug-likeness (QED) is 0.804. The van der Waals surface area contributed by atoms with E-state index in [1.54, 1.807) is 30.8 Å². The first kappa shape index (κ1) is 13.6. The molecule has 0 bridgehead atoms. The number of benzene rings is 1. The summed E-state index contributed by atoms with van der Waals surface area (Å²) in [6, 6.07) is 4.73. The Labute approximate surface area is 111 Å². The monoisotopic (exact) mass is 281 g/mol. The van der Waals surface area contributed by atoms with Crippen molar-refractivity contribution in [2.45, 2.75) is 11.8 Å². The molecule has 0 spiro atoms. The third kappa shape index (κ3) is 2.49. The van der Waals surface area contributed by atoms with E-state index >= 15 is 0 Å². The molecule has 1 aromatic heterocycles. The number of hydrogen-bond donors (Lipinski definition) is 0. The van der Waals surface area contributed by atoms with Crippen LogP contribution >= 0.6 is 0 Å². The molecular weight excluding hydrogens is 266 g/mol. The minimum Gasteiger partial charge on any atom is -0.462 e. The van der Waals surface area contributed by atoms with Gasteiger partial charge in [-0.2, -0.15) is 0 Å². The van der Waals surface area contributed by atoms with E-state index in [0.717, 1.165) is 11.8 Å². The molecule has 5 nitrogen and oxygen atoms in total. The maximum atomic E-state index is 11.8. The Kier molecular flexibility index (Phi) is 3.36. The van der Waals surface area contributed by atoms with E-state index in [1.807, 2.05) is 0 Å². The highest BCUT2D eigenvalue weighted by Gasteiger charge is 2.17. The van der Waals surface area contributed by atoms with Gasteiger partial charge in [0.1, 0.15) is 0 Å². The van der Waals surface area contributed by atoms with E-state index in [-0.39, 0.29) is 11.5 Å². The molecule has 102 valence electrons. The van der Waals surface area contributed by atoms with E-state index in [9.17, 15) is 13.2 Å². The van der Waals surface area contributed by atoms with Gasteiger partial charge in [-0.05, 0) is 25.1 Å². The molecule has 0 unspecified atom stereocenters. The van der Waals surface area contributed by atoms with E-state index in [2.05, 4.69) is 0 Å². The fourth-order valence-electron chi connectivity index (χ4n) is 1.97. The second kappa shape index (κ2) is 4.70. The summed E-state index contributed by atoms with van der Waals surface area (Å²) in [4.78, 5) is 12.0. The first-order chi connectivity index (χ1) is 8.84. The standard InChI is InChI=1S/C13H15NO4S/c1-4-18-13(15)11-8-14(2)12-6-5-9(7-10(11)12)19(3,16)17/h5-8H,4H2,1-3H3. The molecule has 0 saturated carbocycles. The highest BCUT2D eigenvalue weighted by molar-refractivity contribution is 7.90. The Balaban J connectivity index is 2.69. The molecule has 0 aliphatic heterocycles. The zero-order valence-corrected chi connectivity index (χ0v) is 11.8. The van der Waals surface area contributed by atoms with Crippen molar-refractivity contribution in [3.8, 4) is 0 Å². The van der Waals surface area contributed by atoms with Gasteiger partial charge in [-0.25, -0.2) is 13.2 Å². The number of rotatable bonds is 3. The zero-order chi connectivity index (χ0) is 14.2. The summed E-state index contributed by atoms with van der Waals surface area (Å²) in [6.45, 7) is 2.01. The lowest BCUT2D eigenvalue weighted by molar-refractivity contribution is 0.0528. The van der Waals surface area contributed by atoms with Crippen LogP contribution < -0.4 is 0 Å². The molecule has 2 rings (SSSR count).